The van der Waals surface area contributed by atoms with E-state index < -0.39 is 9.85 Å². The molecular weight excluding hydrogens is 248 g/mol. The molecule has 0 heterocycles. The lowest BCUT2D eigenvalue weighted by atomic mass is 9.89. The Morgan fingerprint density at radius 2 is 1.68 bits per heavy atom. The molecular formula is C13H18N2O4. The number of nitro benzene ring substituents is 2. The first-order valence-electron chi connectivity index (χ1n) is 6.30. The zero-order chi connectivity index (χ0) is 14.7. The summed E-state index contributed by atoms with van der Waals surface area (Å²) in [5, 5.41) is 22.5. The van der Waals surface area contributed by atoms with Crippen molar-refractivity contribution in [2.75, 3.05) is 0 Å². The number of benzene rings is 1. The SMILES string of the molecule is CCc1cc(C)c([N+](=O)[O-])c(C(C)CC)c1[N+](=O)[O-]. The summed E-state index contributed by atoms with van der Waals surface area (Å²) in [5.74, 6) is -0.217. The van der Waals surface area contributed by atoms with Crippen LogP contribution < -0.4 is 0 Å². The van der Waals surface area contributed by atoms with Gasteiger partial charge in [0.1, 0.15) is 5.56 Å². The molecule has 0 amide bonds. The van der Waals surface area contributed by atoms with E-state index in [4.69, 9.17) is 0 Å². The Kier molecular flexibility index (Phi) is 4.58. The first-order valence-corrected chi connectivity index (χ1v) is 6.30. The van der Waals surface area contributed by atoms with E-state index in [1.54, 1.807) is 19.9 Å². The summed E-state index contributed by atoms with van der Waals surface area (Å²) in [4.78, 5) is 21.5. The van der Waals surface area contributed by atoms with Gasteiger partial charge in [0.25, 0.3) is 11.4 Å². The van der Waals surface area contributed by atoms with Crippen LogP contribution in [0.15, 0.2) is 6.07 Å². The molecule has 0 N–H and O–H groups in total. The summed E-state index contributed by atoms with van der Waals surface area (Å²) < 4.78 is 0. The van der Waals surface area contributed by atoms with Crippen LogP contribution in [-0.4, -0.2) is 9.85 Å². The van der Waals surface area contributed by atoms with Crippen LogP contribution in [0.3, 0.4) is 0 Å². The minimum absolute atomic E-state index is 0.0887. The summed E-state index contributed by atoms with van der Waals surface area (Å²) in [7, 11) is 0. The van der Waals surface area contributed by atoms with Gasteiger partial charge in [-0.05, 0) is 31.7 Å². The van der Waals surface area contributed by atoms with Gasteiger partial charge in [0.15, 0.2) is 0 Å². The molecule has 6 heteroatoms. The zero-order valence-corrected chi connectivity index (χ0v) is 11.6. The van der Waals surface area contributed by atoms with E-state index in [1.165, 1.54) is 0 Å². The van der Waals surface area contributed by atoms with Crippen LogP contribution >= 0.6 is 0 Å². The molecule has 0 radical (unpaired) electrons. The fraction of sp³-hybridized carbons (Fsp3) is 0.538. The van der Waals surface area contributed by atoms with E-state index >= 15 is 0 Å². The minimum Gasteiger partial charge on any atom is -0.258 e. The summed E-state index contributed by atoms with van der Waals surface area (Å²) >= 11 is 0. The lowest BCUT2D eigenvalue weighted by Crippen LogP contribution is -2.08. The molecule has 1 aromatic rings. The van der Waals surface area contributed by atoms with Crippen molar-refractivity contribution < 1.29 is 9.85 Å². The number of hydrogen-bond acceptors (Lipinski definition) is 4. The van der Waals surface area contributed by atoms with E-state index in [0.717, 1.165) is 0 Å². The van der Waals surface area contributed by atoms with Gasteiger partial charge in [-0.1, -0.05) is 20.8 Å². The van der Waals surface area contributed by atoms with Crippen molar-refractivity contribution in [2.24, 2.45) is 0 Å². The number of hydrogen-bond donors (Lipinski definition) is 0. The van der Waals surface area contributed by atoms with Crippen LogP contribution in [0, 0.1) is 27.2 Å². The van der Waals surface area contributed by atoms with Gasteiger partial charge in [0.05, 0.1) is 9.85 Å². The van der Waals surface area contributed by atoms with E-state index in [0.29, 0.717) is 24.0 Å². The summed E-state index contributed by atoms with van der Waals surface area (Å²) in [6, 6.07) is 1.56. The quantitative estimate of drug-likeness (QED) is 0.597. The smallest absolute Gasteiger partial charge is 0.258 e. The van der Waals surface area contributed by atoms with Gasteiger partial charge in [-0.25, -0.2) is 0 Å². The molecule has 104 valence electrons. The standard InChI is InChI=1S/C13H18N2O4/c1-5-8(3)11-12(14(16)17)9(4)7-10(6-2)13(11)15(18)19/h7-8H,5-6H2,1-4H3. The van der Waals surface area contributed by atoms with Crippen molar-refractivity contribution in [1.82, 2.24) is 0 Å². The van der Waals surface area contributed by atoms with Gasteiger partial charge in [0, 0.05) is 11.1 Å². The molecule has 0 saturated heterocycles. The maximum absolute atomic E-state index is 11.3. The van der Waals surface area contributed by atoms with Crippen LogP contribution in [0.25, 0.3) is 0 Å². The molecule has 0 bridgehead atoms. The third kappa shape index (κ3) is 2.72. The summed E-state index contributed by atoms with van der Waals surface area (Å²) in [6.07, 6.45) is 1.10. The Labute approximate surface area is 111 Å². The molecule has 1 aromatic carbocycles. The topological polar surface area (TPSA) is 86.3 Å². The molecule has 19 heavy (non-hydrogen) atoms. The second-order valence-corrected chi connectivity index (χ2v) is 4.64. The number of nitrogens with zero attached hydrogens (tertiary/aromatic N) is 2. The maximum Gasteiger partial charge on any atom is 0.282 e. The molecule has 1 atom stereocenters. The number of aryl methyl sites for hydroxylation is 2. The van der Waals surface area contributed by atoms with Crippen LogP contribution in [0.4, 0.5) is 11.4 Å². The van der Waals surface area contributed by atoms with Crippen LogP contribution in [0.2, 0.25) is 0 Å². The van der Waals surface area contributed by atoms with E-state index in [2.05, 4.69) is 0 Å². The van der Waals surface area contributed by atoms with Crippen molar-refractivity contribution in [3.63, 3.8) is 0 Å². The molecule has 0 fully saturated rings. The molecule has 1 rings (SSSR count). The second kappa shape index (κ2) is 5.77. The molecule has 0 saturated carbocycles. The molecule has 0 aromatic heterocycles. The minimum atomic E-state index is -0.511. The zero-order valence-electron chi connectivity index (χ0n) is 11.6. The first-order chi connectivity index (χ1) is 8.84. The fourth-order valence-electron chi connectivity index (χ4n) is 2.29. The van der Waals surface area contributed by atoms with E-state index in [9.17, 15) is 20.2 Å². The third-order valence-corrected chi connectivity index (χ3v) is 3.43. The van der Waals surface area contributed by atoms with Gasteiger partial charge in [-0.2, -0.15) is 0 Å². The Balaban J connectivity index is 3.80. The average molecular weight is 266 g/mol. The van der Waals surface area contributed by atoms with Crippen LogP contribution in [-0.2, 0) is 6.42 Å². The monoisotopic (exact) mass is 266 g/mol. The molecule has 6 nitrogen and oxygen atoms in total. The lowest BCUT2D eigenvalue weighted by Gasteiger charge is -2.14. The molecule has 0 aliphatic carbocycles. The van der Waals surface area contributed by atoms with Crippen molar-refractivity contribution in [1.29, 1.82) is 0 Å². The van der Waals surface area contributed by atoms with Gasteiger partial charge < -0.3 is 0 Å². The van der Waals surface area contributed by atoms with Gasteiger partial charge in [0.2, 0.25) is 0 Å². The maximum atomic E-state index is 11.3. The Morgan fingerprint density at radius 3 is 2.05 bits per heavy atom. The predicted octanol–water partition coefficient (Wildman–Crippen LogP) is 3.89. The molecule has 1 unspecified atom stereocenters. The van der Waals surface area contributed by atoms with E-state index in [-0.39, 0.29) is 22.9 Å². The Hall–Kier alpha value is -1.98. The summed E-state index contributed by atoms with van der Waals surface area (Å²) in [5.41, 5.74) is 1.10. The predicted molar refractivity (Wildman–Crippen MR) is 72.6 cm³/mol. The summed E-state index contributed by atoms with van der Waals surface area (Å²) in [6.45, 7) is 7.10. The van der Waals surface area contributed by atoms with Crippen molar-refractivity contribution in [2.45, 2.75) is 46.5 Å². The highest BCUT2D eigenvalue weighted by Crippen LogP contribution is 2.41. The van der Waals surface area contributed by atoms with E-state index in [1.807, 2.05) is 13.8 Å². The third-order valence-electron chi connectivity index (χ3n) is 3.43. The molecule has 0 spiro atoms. The van der Waals surface area contributed by atoms with Crippen molar-refractivity contribution >= 4 is 11.4 Å². The number of rotatable bonds is 5. The Morgan fingerprint density at radius 1 is 1.16 bits per heavy atom. The highest BCUT2D eigenvalue weighted by molar-refractivity contribution is 5.63. The highest BCUT2D eigenvalue weighted by Gasteiger charge is 2.33. The highest BCUT2D eigenvalue weighted by atomic mass is 16.6. The van der Waals surface area contributed by atoms with Gasteiger partial charge in [-0.3, -0.25) is 20.2 Å². The van der Waals surface area contributed by atoms with Gasteiger partial charge >= 0.3 is 0 Å². The molecule has 0 aliphatic rings. The van der Waals surface area contributed by atoms with Crippen molar-refractivity contribution in [3.8, 4) is 0 Å². The second-order valence-electron chi connectivity index (χ2n) is 4.64. The number of nitro groups is 2. The Bertz CT molecular complexity index is 526. The first kappa shape index (κ1) is 15.1. The van der Waals surface area contributed by atoms with Crippen LogP contribution in [0.1, 0.15) is 49.8 Å². The normalized spacial score (nSPS) is 12.2. The van der Waals surface area contributed by atoms with Crippen LogP contribution in [0.5, 0.6) is 0 Å². The fourth-order valence-corrected chi connectivity index (χ4v) is 2.29. The molecule has 0 aliphatic heterocycles. The van der Waals surface area contributed by atoms with Gasteiger partial charge in [-0.15, -0.1) is 0 Å². The lowest BCUT2D eigenvalue weighted by molar-refractivity contribution is -0.396. The van der Waals surface area contributed by atoms with Crippen molar-refractivity contribution in [3.05, 3.63) is 43.0 Å². The average Bonchev–Trinajstić information content (AvgIpc) is 2.35. The largest absolute Gasteiger partial charge is 0.282 e.